The Bertz CT molecular complexity index is 505. The predicted octanol–water partition coefficient (Wildman–Crippen LogP) is 2.46. The van der Waals surface area contributed by atoms with E-state index in [0.717, 1.165) is 25.8 Å². The number of halogens is 1. The Morgan fingerprint density at radius 1 is 1.42 bits per heavy atom. The molecule has 1 aromatic carbocycles. The predicted molar refractivity (Wildman–Crippen MR) is 72.5 cm³/mol. The third-order valence-electron chi connectivity index (χ3n) is 4.36. The Balaban J connectivity index is 1.98. The minimum Gasteiger partial charge on any atom is -0.314 e. The van der Waals surface area contributed by atoms with Crippen LogP contribution in [0, 0.1) is 5.82 Å². The third-order valence-corrected chi connectivity index (χ3v) is 4.36. The van der Waals surface area contributed by atoms with Gasteiger partial charge in [-0.15, -0.1) is 0 Å². The SMILES string of the molecule is CC1CC2(CCN1)CCC(=O)N2c1cccc(F)c1. The molecule has 0 radical (unpaired) electrons. The number of hydrogen-bond donors (Lipinski definition) is 1. The van der Waals surface area contributed by atoms with E-state index in [9.17, 15) is 9.18 Å². The van der Waals surface area contributed by atoms with Gasteiger partial charge in [0.2, 0.25) is 5.91 Å². The van der Waals surface area contributed by atoms with Crippen LogP contribution in [0.25, 0.3) is 0 Å². The molecule has 0 bridgehead atoms. The van der Waals surface area contributed by atoms with Crippen LogP contribution in [0.5, 0.6) is 0 Å². The smallest absolute Gasteiger partial charge is 0.227 e. The Kier molecular flexibility index (Phi) is 3.05. The molecule has 0 aliphatic carbocycles. The molecule has 3 rings (SSSR count). The average molecular weight is 262 g/mol. The van der Waals surface area contributed by atoms with Crippen molar-refractivity contribution >= 4 is 11.6 Å². The molecule has 0 saturated carbocycles. The molecule has 2 aliphatic heterocycles. The zero-order valence-electron chi connectivity index (χ0n) is 11.2. The number of anilines is 1. The van der Waals surface area contributed by atoms with Gasteiger partial charge >= 0.3 is 0 Å². The summed E-state index contributed by atoms with van der Waals surface area (Å²) in [5, 5.41) is 3.42. The normalized spacial score (nSPS) is 31.2. The van der Waals surface area contributed by atoms with Gasteiger partial charge in [0, 0.05) is 18.2 Å². The van der Waals surface area contributed by atoms with Crippen LogP contribution in [0.2, 0.25) is 0 Å². The van der Waals surface area contributed by atoms with Crippen molar-refractivity contribution in [2.24, 2.45) is 0 Å². The molecule has 2 fully saturated rings. The Morgan fingerprint density at radius 3 is 3.00 bits per heavy atom. The first-order chi connectivity index (χ1) is 9.11. The number of nitrogens with one attached hydrogen (secondary N) is 1. The van der Waals surface area contributed by atoms with Crippen molar-refractivity contribution in [1.29, 1.82) is 0 Å². The molecule has 1 N–H and O–H groups in total. The summed E-state index contributed by atoms with van der Waals surface area (Å²) in [4.78, 5) is 14.1. The fourth-order valence-corrected chi connectivity index (χ4v) is 3.59. The average Bonchev–Trinajstić information content (AvgIpc) is 2.66. The van der Waals surface area contributed by atoms with Crippen molar-refractivity contribution < 1.29 is 9.18 Å². The number of carbonyl (C=O) groups excluding carboxylic acids is 1. The van der Waals surface area contributed by atoms with Gasteiger partial charge in [-0.25, -0.2) is 4.39 Å². The number of carbonyl (C=O) groups is 1. The summed E-state index contributed by atoms with van der Waals surface area (Å²) < 4.78 is 13.4. The summed E-state index contributed by atoms with van der Waals surface area (Å²) in [7, 11) is 0. The lowest BCUT2D eigenvalue weighted by atomic mass is 9.82. The molecule has 2 unspecified atom stereocenters. The Labute approximate surface area is 112 Å². The summed E-state index contributed by atoms with van der Waals surface area (Å²) >= 11 is 0. The molecule has 1 aromatic rings. The van der Waals surface area contributed by atoms with Gasteiger partial charge in [-0.3, -0.25) is 4.79 Å². The number of amides is 1. The number of benzene rings is 1. The van der Waals surface area contributed by atoms with Gasteiger partial charge in [-0.2, -0.15) is 0 Å². The maximum absolute atomic E-state index is 13.4. The van der Waals surface area contributed by atoms with Crippen LogP contribution in [0.3, 0.4) is 0 Å². The van der Waals surface area contributed by atoms with Gasteiger partial charge in [-0.05, 0) is 50.9 Å². The molecule has 1 amide bonds. The lowest BCUT2D eigenvalue weighted by molar-refractivity contribution is -0.117. The van der Waals surface area contributed by atoms with Gasteiger partial charge in [0.15, 0.2) is 0 Å². The maximum atomic E-state index is 13.4. The van der Waals surface area contributed by atoms with E-state index in [1.165, 1.54) is 12.1 Å². The topological polar surface area (TPSA) is 32.3 Å². The first-order valence-electron chi connectivity index (χ1n) is 6.93. The molecule has 2 heterocycles. The van der Waals surface area contributed by atoms with Crippen molar-refractivity contribution in [1.82, 2.24) is 5.32 Å². The highest BCUT2D eigenvalue weighted by Gasteiger charge is 2.47. The lowest BCUT2D eigenvalue weighted by Gasteiger charge is -2.44. The van der Waals surface area contributed by atoms with Gasteiger partial charge in [0.25, 0.3) is 0 Å². The first-order valence-corrected chi connectivity index (χ1v) is 6.93. The van der Waals surface area contributed by atoms with Gasteiger partial charge in [-0.1, -0.05) is 6.07 Å². The molecule has 1 spiro atoms. The van der Waals surface area contributed by atoms with Crippen LogP contribution >= 0.6 is 0 Å². The van der Waals surface area contributed by atoms with Gasteiger partial charge < -0.3 is 10.2 Å². The third kappa shape index (κ3) is 2.14. The number of hydrogen-bond acceptors (Lipinski definition) is 2. The summed E-state index contributed by atoms with van der Waals surface area (Å²) in [6, 6.07) is 6.80. The zero-order valence-corrected chi connectivity index (χ0v) is 11.2. The van der Waals surface area contributed by atoms with E-state index >= 15 is 0 Å². The molecule has 0 aromatic heterocycles. The second kappa shape index (κ2) is 4.60. The molecule has 2 atom stereocenters. The minimum absolute atomic E-state index is 0.116. The minimum atomic E-state index is -0.283. The van der Waals surface area contributed by atoms with Crippen LogP contribution in [0.15, 0.2) is 24.3 Å². The van der Waals surface area contributed by atoms with E-state index in [-0.39, 0.29) is 17.3 Å². The summed E-state index contributed by atoms with van der Waals surface area (Å²) in [5.41, 5.74) is 0.590. The highest BCUT2D eigenvalue weighted by molar-refractivity contribution is 5.97. The molecule has 2 aliphatic rings. The van der Waals surface area contributed by atoms with Crippen molar-refractivity contribution in [3.63, 3.8) is 0 Å². The number of piperidine rings is 1. The van der Waals surface area contributed by atoms with Crippen LogP contribution in [-0.4, -0.2) is 24.0 Å². The lowest BCUT2D eigenvalue weighted by Crippen LogP contribution is -2.55. The van der Waals surface area contributed by atoms with Crippen LogP contribution in [0.4, 0.5) is 10.1 Å². The standard InChI is InChI=1S/C15H19FN2O/c1-11-10-15(7-8-17-11)6-5-14(19)18(15)13-4-2-3-12(16)9-13/h2-4,9,11,17H,5-8,10H2,1H3. The van der Waals surface area contributed by atoms with Gasteiger partial charge in [0.1, 0.15) is 5.82 Å². The van der Waals surface area contributed by atoms with E-state index in [1.807, 2.05) is 11.0 Å². The van der Waals surface area contributed by atoms with Crippen LogP contribution in [0.1, 0.15) is 32.6 Å². The zero-order chi connectivity index (χ0) is 13.5. The van der Waals surface area contributed by atoms with E-state index in [4.69, 9.17) is 0 Å². The second-order valence-corrected chi connectivity index (χ2v) is 5.74. The maximum Gasteiger partial charge on any atom is 0.227 e. The number of nitrogens with zero attached hydrogens (tertiary/aromatic N) is 1. The largest absolute Gasteiger partial charge is 0.314 e. The van der Waals surface area contributed by atoms with E-state index < -0.39 is 0 Å². The van der Waals surface area contributed by atoms with Crippen molar-refractivity contribution in [3.05, 3.63) is 30.1 Å². The second-order valence-electron chi connectivity index (χ2n) is 5.74. The summed E-state index contributed by atoms with van der Waals surface area (Å²) in [6.45, 7) is 3.06. The molecule has 102 valence electrons. The number of rotatable bonds is 1. The van der Waals surface area contributed by atoms with E-state index in [1.54, 1.807) is 6.07 Å². The highest BCUT2D eigenvalue weighted by Crippen LogP contribution is 2.42. The molecule has 3 nitrogen and oxygen atoms in total. The molecule has 4 heteroatoms. The highest BCUT2D eigenvalue weighted by atomic mass is 19.1. The Hall–Kier alpha value is -1.42. The molecule has 19 heavy (non-hydrogen) atoms. The van der Waals surface area contributed by atoms with Crippen LogP contribution < -0.4 is 10.2 Å². The van der Waals surface area contributed by atoms with Crippen molar-refractivity contribution in [2.45, 2.75) is 44.2 Å². The summed E-state index contributed by atoms with van der Waals surface area (Å²) in [6.07, 6.45) is 3.34. The van der Waals surface area contributed by atoms with Crippen molar-refractivity contribution in [2.75, 3.05) is 11.4 Å². The summed E-state index contributed by atoms with van der Waals surface area (Å²) in [5.74, 6) is -0.158. The fourth-order valence-electron chi connectivity index (χ4n) is 3.59. The van der Waals surface area contributed by atoms with E-state index in [2.05, 4.69) is 12.2 Å². The van der Waals surface area contributed by atoms with Crippen molar-refractivity contribution in [3.8, 4) is 0 Å². The fraction of sp³-hybridized carbons (Fsp3) is 0.533. The quantitative estimate of drug-likeness (QED) is 0.843. The monoisotopic (exact) mass is 262 g/mol. The van der Waals surface area contributed by atoms with Crippen LogP contribution in [-0.2, 0) is 4.79 Å². The molecular weight excluding hydrogens is 243 g/mol. The first kappa shape index (κ1) is 12.6. The van der Waals surface area contributed by atoms with E-state index in [0.29, 0.717) is 18.2 Å². The molecule has 2 saturated heterocycles. The Morgan fingerprint density at radius 2 is 2.26 bits per heavy atom. The molecular formula is C15H19FN2O. The van der Waals surface area contributed by atoms with Gasteiger partial charge in [0.05, 0.1) is 5.54 Å².